The third kappa shape index (κ3) is 4.76. The number of rotatable bonds is 8. The van der Waals surface area contributed by atoms with E-state index in [4.69, 9.17) is 11.6 Å². The van der Waals surface area contributed by atoms with Crippen molar-refractivity contribution in [3.05, 3.63) is 50.2 Å². The van der Waals surface area contributed by atoms with Gasteiger partial charge in [-0.3, -0.25) is 19.7 Å². The summed E-state index contributed by atoms with van der Waals surface area (Å²) in [6, 6.07) is 5.40. The van der Waals surface area contributed by atoms with Crippen LogP contribution >= 0.6 is 22.9 Å². The van der Waals surface area contributed by atoms with Crippen LogP contribution in [-0.4, -0.2) is 41.8 Å². The number of carbonyl (C=O) groups is 3. The largest absolute Gasteiger partial charge is 0.384 e. The minimum absolute atomic E-state index is 0.119. The van der Waals surface area contributed by atoms with Gasteiger partial charge in [0.15, 0.2) is 0 Å². The molecule has 2 aromatic rings. The predicted octanol–water partition coefficient (Wildman–Crippen LogP) is 3.06. The normalized spacial score (nSPS) is 18.3. The van der Waals surface area contributed by atoms with E-state index >= 15 is 0 Å². The molecule has 0 saturated carbocycles. The Kier molecular flexibility index (Phi) is 6.60. The fourth-order valence-electron chi connectivity index (χ4n) is 3.95. The van der Waals surface area contributed by atoms with Gasteiger partial charge in [0.2, 0.25) is 11.8 Å². The van der Waals surface area contributed by atoms with E-state index < -0.39 is 6.04 Å². The fraction of sp³-hybridized carbons (Fsp3) is 0.409. The highest BCUT2D eigenvalue weighted by Crippen LogP contribution is 2.33. The minimum atomic E-state index is -0.567. The Morgan fingerprint density at radius 3 is 2.87 bits per heavy atom. The number of halogens is 1. The van der Waals surface area contributed by atoms with Gasteiger partial charge in [-0.05, 0) is 49.6 Å². The summed E-state index contributed by atoms with van der Waals surface area (Å²) in [6.07, 6.45) is 1.58. The van der Waals surface area contributed by atoms with Crippen LogP contribution in [0.2, 0.25) is 5.02 Å². The van der Waals surface area contributed by atoms with Crippen LogP contribution in [0.5, 0.6) is 0 Å². The average molecular weight is 461 g/mol. The first-order valence-corrected chi connectivity index (χ1v) is 11.6. The molecule has 0 radical (unpaired) electrons. The lowest BCUT2D eigenvalue weighted by Gasteiger charge is -2.29. The quantitative estimate of drug-likeness (QED) is 0.416. The van der Waals surface area contributed by atoms with Crippen LogP contribution in [0.3, 0.4) is 0 Å². The molecular formula is C22H25ClN4O3S. The lowest BCUT2D eigenvalue weighted by atomic mass is 10.0. The van der Waals surface area contributed by atoms with Crippen molar-refractivity contribution in [2.24, 2.45) is 0 Å². The Balaban J connectivity index is 1.25. The van der Waals surface area contributed by atoms with Gasteiger partial charge in [-0.25, -0.2) is 0 Å². The molecule has 1 unspecified atom stereocenters. The number of carbonyl (C=O) groups excluding carboxylic acids is 3. The Morgan fingerprint density at radius 1 is 1.26 bits per heavy atom. The summed E-state index contributed by atoms with van der Waals surface area (Å²) >= 11 is 7.81. The molecule has 1 saturated heterocycles. The zero-order valence-corrected chi connectivity index (χ0v) is 18.9. The third-order valence-corrected chi connectivity index (χ3v) is 6.98. The molecule has 1 aromatic carbocycles. The summed E-state index contributed by atoms with van der Waals surface area (Å²) in [5.74, 6) is -0.767. The molecule has 0 spiro atoms. The molecule has 164 valence electrons. The summed E-state index contributed by atoms with van der Waals surface area (Å²) in [5.41, 5.74) is 3.75. The highest BCUT2D eigenvalue weighted by atomic mass is 35.5. The molecule has 2 aliphatic rings. The molecule has 4 rings (SSSR count). The number of amides is 3. The second-order valence-electron chi connectivity index (χ2n) is 7.89. The molecule has 0 bridgehead atoms. The molecule has 9 heteroatoms. The molecule has 1 aromatic heterocycles. The SMILES string of the molecule is Cc1ccc(NCCCNCc2scc3c2CN(C2CCC(=O)NC2=O)C3=O)c(Cl)c1. The number of hydrogen-bond donors (Lipinski definition) is 3. The lowest BCUT2D eigenvalue weighted by molar-refractivity contribution is -0.136. The van der Waals surface area contributed by atoms with E-state index in [0.717, 1.165) is 46.2 Å². The van der Waals surface area contributed by atoms with E-state index in [9.17, 15) is 14.4 Å². The van der Waals surface area contributed by atoms with Crippen molar-refractivity contribution in [2.75, 3.05) is 18.4 Å². The van der Waals surface area contributed by atoms with E-state index in [1.165, 1.54) is 0 Å². The van der Waals surface area contributed by atoms with Crippen LogP contribution in [0.25, 0.3) is 0 Å². The van der Waals surface area contributed by atoms with Crippen molar-refractivity contribution < 1.29 is 14.4 Å². The first-order chi connectivity index (χ1) is 14.9. The number of thiophene rings is 1. The fourth-order valence-corrected chi connectivity index (χ4v) is 5.26. The van der Waals surface area contributed by atoms with Crippen LogP contribution < -0.4 is 16.0 Å². The van der Waals surface area contributed by atoms with Crippen LogP contribution in [-0.2, 0) is 22.7 Å². The number of benzene rings is 1. The molecule has 31 heavy (non-hydrogen) atoms. The zero-order chi connectivity index (χ0) is 22.0. The van der Waals surface area contributed by atoms with Gasteiger partial charge in [-0.2, -0.15) is 0 Å². The number of fused-ring (bicyclic) bond motifs is 1. The summed E-state index contributed by atoms with van der Waals surface area (Å²) in [4.78, 5) is 39.0. The van der Waals surface area contributed by atoms with Crippen molar-refractivity contribution in [1.29, 1.82) is 0 Å². The number of imide groups is 1. The van der Waals surface area contributed by atoms with E-state index in [-0.39, 0.29) is 24.1 Å². The highest BCUT2D eigenvalue weighted by Gasteiger charge is 2.40. The smallest absolute Gasteiger partial charge is 0.256 e. The van der Waals surface area contributed by atoms with Crippen LogP contribution in [0.4, 0.5) is 5.69 Å². The van der Waals surface area contributed by atoms with Crippen LogP contribution in [0.15, 0.2) is 23.6 Å². The molecule has 3 heterocycles. The van der Waals surface area contributed by atoms with Gasteiger partial charge in [-0.1, -0.05) is 17.7 Å². The van der Waals surface area contributed by atoms with Gasteiger partial charge in [0, 0.05) is 36.3 Å². The van der Waals surface area contributed by atoms with E-state index in [1.54, 1.807) is 16.2 Å². The predicted molar refractivity (Wildman–Crippen MR) is 121 cm³/mol. The summed E-state index contributed by atoms with van der Waals surface area (Å²) in [6.45, 7) is 4.75. The van der Waals surface area contributed by atoms with Crippen molar-refractivity contribution in [2.45, 2.75) is 45.3 Å². The average Bonchev–Trinajstić information content (AvgIpc) is 3.26. The third-order valence-electron chi connectivity index (χ3n) is 5.64. The standard InChI is InChI=1S/C22H25ClN4O3S/c1-13-3-4-17(16(23)9-13)25-8-2-7-24-10-19-14-11-27(22(30)15(14)12-31-19)18-5-6-20(28)26-21(18)29/h3-4,9,12,18,24-25H,2,5-8,10-11H2,1H3,(H,26,28,29). The summed E-state index contributed by atoms with van der Waals surface area (Å²) in [5, 5.41) is 11.7. The van der Waals surface area contributed by atoms with Gasteiger partial charge in [-0.15, -0.1) is 11.3 Å². The summed E-state index contributed by atoms with van der Waals surface area (Å²) < 4.78 is 0. The Labute approximate surface area is 190 Å². The molecular weight excluding hydrogens is 436 g/mol. The maximum Gasteiger partial charge on any atom is 0.256 e. The van der Waals surface area contributed by atoms with Gasteiger partial charge in [0.1, 0.15) is 6.04 Å². The molecule has 1 fully saturated rings. The van der Waals surface area contributed by atoms with Gasteiger partial charge >= 0.3 is 0 Å². The Bertz CT molecular complexity index is 1020. The van der Waals surface area contributed by atoms with Crippen molar-refractivity contribution in [3.8, 4) is 0 Å². The van der Waals surface area contributed by atoms with Crippen molar-refractivity contribution in [3.63, 3.8) is 0 Å². The summed E-state index contributed by atoms with van der Waals surface area (Å²) in [7, 11) is 0. The van der Waals surface area contributed by atoms with E-state index in [0.29, 0.717) is 25.1 Å². The monoisotopic (exact) mass is 460 g/mol. The molecule has 7 nitrogen and oxygen atoms in total. The lowest BCUT2D eigenvalue weighted by Crippen LogP contribution is -2.52. The van der Waals surface area contributed by atoms with Gasteiger partial charge in [0.25, 0.3) is 5.91 Å². The topological polar surface area (TPSA) is 90.5 Å². The number of piperidine rings is 1. The number of nitrogens with zero attached hydrogens (tertiary/aromatic N) is 1. The maximum atomic E-state index is 12.8. The molecule has 2 aliphatic heterocycles. The van der Waals surface area contributed by atoms with E-state index in [2.05, 4.69) is 16.0 Å². The molecule has 1 atom stereocenters. The first-order valence-electron chi connectivity index (χ1n) is 10.4. The Hall–Kier alpha value is -2.42. The maximum absolute atomic E-state index is 12.8. The first kappa shape index (κ1) is 21.8. The number of hydrogen-bond acceptors (Lipinski definition) is 6. The molecule has 0 aliphatic carbocycles. The second-order valence-corrected chi connectivity index (χ2v) is 9.26. The zero-order valence-electron chi connectivity index (χ0n) is 17.3. The minimum Gasteiger partial charge on any atom is -0.384 e. The number of nitrogens with one attached hydrogen (secondary N) is 3. The second kappa shape index (κ2) is 9.38. The van der Waals surface area contributed by atoms with Gasteiger partial charge in [0.05, 0.1) is 16.3 Å². The number of aryl methyl sites for hydroxylation is 1. The molecule has 3 amide bonds. The van der Waals surface area contributed by atoms with Crippen molar-refractivity contribution in [1.82, 2.24) is 15.5 Å². The number of anilines is 1. The molecule has 3 N–H and O–H groups in total. The van der Waals surface area contributed by atoms with Crippen molar-refractivity contribution >= 4 is 46.3 Å². The Morgan fingerprint density at radius 2 is 2.10 bits per heavy atom. The van der Waals surface area contributed by atoms with Crippen LogP contribution in [0.1, 0.15) is 45.6 Å². The van der Waals surface area contributed by atoms with E-state index in [1.807, 2.05) is 30.5 Å². The van der Waals surface area contributed by atoms with Gasteiger partial charge < -0.3 is 15.5 Å². The van der Waals surface area contributed by atoms with Crippen LogP contribution in [0, 0.1) is 6.92 Å². The highest BCUT2D eigenvalue weighted by molar-refractivity contribution is 7.10.